The Labute approximate surface area is 183 Å². The van der Waals surface area contributed by atoms with Crippen LogP contribution in [0.15, 0.2) is 36.5 Å². The monoisotopic (exact) mass is 426 g/mol. The van der Waals surface area contributed by atoms with Gasteiger partial charge in [0.2, 0.25) is 0 Å². The lowest BCUT2D eigenvalue weighted by molar-refractivity contribution is -0.123. The number of carbonyl (C=O) groups excluding carboxylic acids is 2. The molecule has 166 valence electrons. The predicted octanol–water partition coefficient (Wildman–Crippen LogP) is 2.13. The Hall–Kier alpha value is -3.13. The molecule has 1 aromatic carbocycles. The number of benzene rings is 1. The second kappa shape index (κ2) is 10.8. The van der Waals surface area contributed by atoms with E-state index >= 15 is 0 Å². The fourth-order valence-electron chi connectivity index (χ4n) is 3.40. The SMILES string of the molecule is CCN1CCN(c2ccc(CNC(=O)COc3ccc(C(C)=O)cc3OC)cn2)CC1. The fraction of sp³-hybridized carbons (Fsp3) is 0.435. The number of ketones is 1. The lowest BCUT2D eigenvalue weighted by Crippen LogP contribution is -2.46. The highest BCUT2D eigenvalue weighted by molar-refractivity contribution is 5.94. The average molecular weight is 427 g/mol. The molecule has 0 aliphatic carbocycles. The van der Waals surface area contributed by atoms with Crippen LogP contribution in [0.2, 0.25) is 0 Å². The van der Waals surface area contributed by atoms with Crippen LogP contribution in [0.25, 0.3) is 0 Å². The third-order valence-electron chi connectivity index (χ3n) is 5.37. The van der Waals surface area contributed by atoms with E-state index in [4.69, 9.17) is 9.47 Å². The molecule has 1 saturated heterocycles. The van der Waals surface area contributed by atoms with Gasteiger partial charge < -0.3 is 24.6 Å². The van der Waals surface area contributed by atoms with Gasteiger partial charge in [-0.15, -0.1) is 0 Å². The minimum absolute atomic E-state index is 0.0644. The summed E-state index contributed by atoms with van der Waals surface area (Å²) in [6.07, 6.45) is 1.80. The van der Waals surface area contributed by atoms with Crippen molar-refractivity contribution in [2.24, 2.45) is 0 Å². The zero-order chi connectivity index (χ0) is 22.2. The molecule has 1 amide bonds. The maximum Gasteiger partial charge on any atom is 0.258 e. The van der Waals surface area contributed by atoms with Crippen LogP contribution >= 0.6 is 0 Å². The highest BCUT2D eigenvalue weighted by Gasteiger charge is 2.16. The number of Topliss-reactive ketones (excluding diaryl/α,β-unsaturated/α-hetero) is 1. The van der Waals surface area contributed by atoms with Gasteiger partial charge in [-0.05, 0) is 43.3 Å². The molecule has 1 aromatic heterocycles. The van der Waals surface area contributed by atoms with Gasteiger partial charge in [0.15, 0.2) is 23.9 Å². The van der Waals surface area contributed by atoms with Crippen LogP contribution in [0.4, 0.5) is 5.82 Å². The van der Waals surface area contributed by atoms with Crippen LogP contribution in [0.1, 0.15) is 29.8 Å². The minimum atomic E-state index is -0.252. The van der Waals surface area contributed by atoms with Gasteiger partial charge in [-0.3, -0.25) is 9.59 Å². The molecule has 1 N–H and O–H groups in total. The zero-order valence-electron chi connectivity index (χ0n) is 18.4. The number of nitrogens with one attached hydrogen (secondary N) is 1. The fourth-order valence-corrected chi connectivity index (χ4v) is 3.40. The molecule has 0 saturated carbocycles. The Morgan fingerprint density at radius 1 is 1.10 bits per heavy atom. The van der Waals surface area contributed by atoms with Crippen LogP contribution in [-0.4, -0.2) is 68.0 Å². The number of aromatic nitrogens is 1. The van der Waals surface area contributed by atoms with Gasteiger partial charge >= 0.3 is 0 Å². The quantitative estimate of drug-likeness (QED) is 0.615. The van der Waals surface area contributed by atoms with E-state index < -0.39 is 0 Å². The molecule has 0 unspecified atom stereocenters. The van der Waals surface area contributed by atoms with E-state index in [-0.39, 0.29) is 18.3 Å². The topological polar surface area (TPSA) is 84.0 Å². The number of carbonyl (C=O) groups is 2. The summed E-state index contributed by atoms with van der Waals surface area (Å²) >= 11 is 0. The molecule has 1 aliphatic heterocycles. The van der Waals surface area contributed by atoms with Crippen molar-refractivity contribution < 1.29 is 19.1 Å². The summed E-state index contributed by atoms with van der Waals surface area (Å²) in [6, 6.07) is 8.87. The zero-order valence-corrected chi connectivity index (χ0v) is 18.4. The van der Waals surface area contributed by atoms with Crippen LogP contribution in [-0.2, 0) is 11.3 Å². The number of hydrogen-bond acceptors (Lipinski definition) is 7. The van der Waals surface area contributed by atoms with Crippen molar-refractivity contribution in [3.63, 3.8) is 0 Å². The van der Waals surface area contributed by atoms with E-state index in [1.54, 1.807) is 24.4 Å². The van der Waals surface area contributed by atoms with Gasteiger partial charge in [0.25, 0.3) is 5.91 Å². The van der Waals surface area contributed by atoms with E-state index in [9.17, 15) is 9.59 Å². The summed E-state index contributed by atoms with van der Waals surface area (Å²) in [6.45, 7) is 9.04. The highest BCUT2D eigenvalue weighted by Crippen LogP contribution is 2.28. The minimum Gasteiger partial charge on any atom is -0.493 e. The maximum atomic E-state index is 12.2. The summed E-state index contributed by atoms with van der Waals surface area (Å²) in [4.78, 5) is 32.9. The normalized spacial score (nSPS) is 14.2. The Morgan fingerprint density at radius 2 is 1.87 bits per heavy atom. The molecule has 8 nitrogen and oxygen atoms in total. The number of anilines is 1. The lowest BCUT2D eigenvalue weighted by atomic mass is 10.1. The van der Waals surface area contributed by atoms with E-state index in [1.807, 2.05) is 12.1 Å². The van der Waals surface area contributed by atoms with Gasteiger partial charge in [-0.25, -0.2) is 4.98 Å². The summed E-state index contributed by atoms with van der Waals surface area (Å²) in [5.74, 6) is 1.48. The molecule has 1 fully saturated rings. The first-order valence-corrected chi connectivity index (χ1v) is 10.5. The van der Waals surface area contributed by atoms with Crippen molar-refractivity contribution >= 4 is 17.5 Å². The third-order valence-corrected chi connectivity index (χ3v) is 5.37. The number of piperazine rings is 1. The van der Waals surface area contributed by atoms with E-state index in [1.165, 1.54) is 14.0 Å². The molecular weight excluding hydrogens is 396 g/mol. The van der Waals surface area contributed by atoms with Crippen LogP contribution < -0.4 is 19.7 Å². The van der Waals surface area contributed by atoms with E-state index in [0.29, 0.717) is 23.6 Å². The first kappa shape index (κ1) is 22.6. The number of likely N-dealkylation sites (N-methyl/N-ethyl adjacent to an activating group) is 1. The Balaban J connectivity index is 1.46. The number of pyridine rings is 1. The summed E-state index contributed by atoms with van der Waals surface area (Å²) < 4.78 is 10.8. The van der Waals surface area contributed by atoms with Crippen molar-refractivity contribution in [1.82, 2.24) is 15.2 Å². The number of ether oxygens (including phenoxy) is 2. The molecule has 0 atom stereocenters. The number of hydrogen-bond donors (Lipinski definition) is 1. The summed E-state index contributed by atoms with van der Waals surface area (Å²) in [5, 5.41) is 2.83. The van der Waals surface area contributed by atoms with E-state index in [2.05, 4.69) is 27.0 Å². The van der Waals surface area contributed by atoms with Crippen LogP contribution in [0.5, 0.6) is 11.5 Å². The van der Waals surface area contributed by atoms with Crippen molar-refractivity contribution in [3.8, 4) is 11.5 Å². The largest absolute Gasteiger partial charge is 0.493 e. The molecule has 0 spiro atoms. The molecule has 8 heteroatoms. The first-order valence-electron chi connectivity index (χ1n) is 10.5. The molecular formula is C23H30N4O4. The molecule has 2 aromatic rings. The molecule has 3 rings (SSSR count). The summed E-state index contributed by atoms with van der Waals surface area (Å²) in [5.41, 5.74) is 1.45. The van der Waals surface area contributed by atoms with Crippen LogP contribution in [0, 0.1) is 0 Å². The van der Waals surface area contributed by atoms with Crippen molar-refractivity contribution in [2.45, 2.75) is 20.4 Å². The Kier molecular flexibility index (Phi) is 7.83. The predicted molar refractivity (Wildman–Crippen MR) is 119 cm³/mol. The smallest absolute Gasteiger partial charge is 0.258 e. The lowest BCUT2D eigenvalue weighted by Gasteiger charge is -2.34. The maximum absolute atomic E-state index is 12.2. The van der Waals surface area contributed by atoms with E-state index in [0.717, 1.165) is 44.1 Å². The van der Waals surface area contributed by atoms with Gasteiger partial charge in [-0.2, -0.15) is 0 Å². The molecule has 1 aliphatic rings. The number of amides is 1. The number of nitrogens with zero attached hydrogens (tertiary/aromatic N) is 3. The standard InChI is InChI=1S/C23H30N4O4/c1-4-26-9-11-27(12-10-26)22-8-5-18(14-24-22)15-25-23(29)16-31-20-7-6-19(17(2)28)13-21(20)30-3/h5-8,13-14H,4,9-12,15-16H2,1-3H3,(H,25,29). The molecule has 2 heterocycles. The average Bonchev–Trinajstić information content (AvgIpc) is 2.81. The Bertz CT molecular complexity index is 893. The van der Waals surface area contributed by atoms with Crippen LogP contribution in [0.3, 0.4) is 0 Å². The second-order valence-electron chi connectivity index (χ2n) is 7.43. The van der Waals surface area contributed by atoms with Crippen molar-refractivity contribution in [2.75, 3.05) is 51.3 Å². The molecule has 0 radical (unpaired) electrons. The third kappa shape index (κ3) is 6.18. The van der Waals surface area contributed by atoms with Gasteiger partial charge in [0.05, 0.1) is 7.11 Å². The molecule has 0 bridgehead atoms. The number of methoxy groups -OCH3 is 1. The highest BCUT2D eigenvalue weighted by atomic mass is 16.5. The van der Waals surface area contributed by atoms with Crippen molar-refractivity contribution in [3.05, 3.63) is 47.7 Å². The summed E-state index contributed by atoms with van der Waals surface area (Å²) in [7, 11) is 1.49. The molecule has 31 heavy (non-hydrogen) atoms. The van der Waals surface area contributed by atoms with Gasteiger partial charge in [0, 0.05) is 44.5 Å². The second-order valence-corrected chi connectivity index (χ2v) is 7.43. The number of rotatable bonds is 9. The van der Waals surface area contributed by atoms with Gasteiger partial charge in [0.1, 0.15) is 5.82 Å². The Morgan fingerprint density at radius 3 is 2.48 bits per heavy atom. The van der Waals surface area contributed by atoms with Gasteiger partial charge in [-0.1, -0.05) is 13.0 Å². The van der Waals surface area contributed by atoms with Crippen molar-refractivity contribution in [1.29, 1.82) is 0 Å². The first-order chi connectivity index (χ1) is 15.0.